The molecule has 3 rings (SSSR count). The van der Waals surface area contributed by atoms with Gasteiger partial charge in [0.25, 0.3) is 0 Å². The number of hydrogen-bond donors (Lipinski definition) is 0. The minimum Gasteiger partial charge on any atom is -0.354 e. The number of aryl methyl sites for hydroxylation is 2. The maximum Gasteiger partial charge on any atom is 0.157 e. The van der Waals surface area contributed by atoms with E-state index in [1.807, 2.05) is 24.4 Å². The maximum atomic E-state index is 4.55. The summed E-state index contributed by atoms with van der Waals surface area (Å²) >= 11 is 0. The van der Waals surface area contributed by atoms with Crippen LogP contribution in [0.4, 0.5) is 5.82 Å². The largest absolute Gasteiger partial charge is 0.354 e. The monoisotopic (exact) mass is 230 g/mol. The van der Waals surface area contributed by atoms with Gasteiger partial charge in [-0.25, -0.2) is 4.98 Å². The molecule has 0 N–H and O–H groups in total. The molecule has 1 atom stereocenters. The molecule has 2 aromatic rings. The molecule has 1 aliphatic rings. The molecule has 0 bridgehead atoms. The third kappa shape index (κ3) is 1.68. The first kappa shape index (κ1) is 10.6. The summed E-state index contributed by atoms with van der Waals surface area (Å²) in [5.74, 6) is 1.19. The van der Waals surface area contributed by atoms with E-state index in [0.717, 1.165) is 23.6 Å². The van der Waals surface area contributed by atoms with E-state index in [-0.39, 0.29) is 0 Å². The number of nitrogens with zero attached hydrogens (tertiary/aromatic N) is 4. The van der Waals surface area contributed by atoms with Crippen molar-refractivity contribution in [3.63, 3.8) is 0 Å². The van der Waals surface area contributed by atoms with Crippen LogP contribution in [0, 0.1) is 13.8 Å². The van der Waals surface area contributed by atoms with Gasteiger partial charge in [-0.15, -0.1) is 0 Å². The van der Waals surface area contributed by atoms with Crippen LogP contribution in [0.3, 0.4) is 0 Å². The van der Waals surface area contributed by atoms with Crippen LogP contribution in [0.15, 0.2) is 12.1 Å². The van der Waals surface area contributed by atoms with Gasteiger partial charge in [-0.3, -0.25) is 0 Å². The van der Waals surface area contributed by atoms with Crippen molar-refractivity contribution in [3.8, 4) is 0 Å². The summed E-state index contributed by atoms with van der Waals surface area (Å²) in [6.07, 6.45) is 2.54. The third-order valence-electron chi connectivity index (χ3n) is 3.51. The minimum absolute atomic E-state index is 0.601. The predicted octanol–water partition coefficient (Wildman–Crippen LogP) is 2.33. The lowest BCUT2D eigenvalue weighted by molar-refractivity contribution is 0.710. The Hall–Kier alpha value is -1.58. The Bertz CT molecular complexity index is 558. The van der Waals surface area contributed by atoms with Gasteiger partial charge in [0.05, 0.1) is 5.69 Å². The standard InChI is InChI=1S/C13H18N4/c1-9-8-13(16-6-4-5-11(16)3)17-12(14-9)7-10(2)15-17/h7-8,11H,4-6H2,1-3H3. The fraction of sp³-hybridized carbons (Fsp3) is 0.538. The van der Waals surface area contributed by atoms with E-state index in [0.29, 0.717) is 6.04 Å². The van der Waals surface area contributed by atoms with E-state index < -0.39 is 0 Å². The van der Waals surface area contributed by atoms with Gasteiger partial charge in [0.1, 0.15) is 5.82 Å². The average Bonchev–Trinajstić information content (AvgIpc) is 2.82. The Morgan fingerprint density at radius 1 is 1.24 bits per heavy atom. The number of aromatic nitrogens is 3. The molecule has 1 aliphatic heterocycles. The summed E-state index contributed by atoms with van der Waals surface area (Å²) in [6, 6.07) is 4.78. The Morgan fingerprint density at radius 2 is 2.06 bits per heavy atom. The van der Waals surface area contributed by atoms with E-state index in [2.05, 4.69) is 28.0 Å². The van der Waals surface area contributed by atoms with Crippen LogP contribution in [-0.2, 0) is 0 Å². The highest BCUT2D eigenvalue weighted by Gasteiger charge is 2.23. The molecular formula is C13H18N4. The number of anilines is 1. The van der Waals surface area contributed by atoms with Gasteiger partial charge in [0.2, 0.25) is 0 Å². The predicted molar refractivity (Wildman–Crippen MR) is 68.5 cm³/mol. The minimum atomic E-state index is 0.601. The van der Waals surface area contributed by atoms with Gasteiger partial charge in [0, 0.05) is 30.4 Å². The van der Waals surface area contributed by atoms with E-state index >= 15 is 0 Å². The highest BCUT2D eigenvalue weighted by Crippen LogP contribution is 2.26. The molecule has 0 aromatic carbocycles. The van der Waals surface area contributed by atoms with Crippen LogP contribution in [-0.4, -0.2) is 27.2 Å². The second-order valence-electron chi connectivity index (χ2n) is 5.00. The second-order valence-corrected chi connectivity index (χ2v) is 5.00. The summed E-state index contributed by atoms with van der Waals surface area (Å²) < 4.78 is 1.98. The zero-order valence-corrected chi connectivity index (χ0v) is 10.6. The van der Waals surface area contributed by atoms with E-state index in [9.17, 15) is 0 Å². The summed E-state index contributed by atoms with van der Waals surface area (Å²) in [5, 5.41) is 4.55. The molecule has 1 saturated heterocycles. The van der Waals surface area contributed by atoms with Crippen LogP contribution >= 0.6 is 0 Å². The summed E-state index contributed by atoms with van der Waals surface area (Å²) in [7, 11) is 0. The Balaban J connectivity index is 2.20. The molecule has 17 heavy (non-hydrogen) atoms. The van der Waals surface area contributed by atoms with E-state index in [4.69, 9.17) is 0 Å². The van der Waals surface area contributed by atoms with Crippen molar-refractivity contribution in [2.75, 3.05) is 11.4 Å². The van der Waals surface area contributed by atoms with Crippen molar-refractivity contribution in [2.45, 2.75) is 39.7 Å². The van der Waals surface area contributed by atoms with Gasteiger partial charge in [-0.1, -0.05) is 0 Å². The second kappa shape index (κ2) is 3.72. The average molecular weight is 230 g/mol. The lowest BCUT2D eigenvalue weighted by Gasteiger charge is -2.24. The molecule has 4 heteroatoms. The molecule has 90 valence electrons. The van der Waals surface area contributed by atoms with Gasteiger partial charge in [-0.05, 0) is 33.6 Å². The van der Waals surface area contributed by atoms with Crippen molar-refractivity contribution in [3.05, 3.63) is 23.5 Å². The van der Waals surface area contributed by atoms with Crippen LogP contribution in [0.2, 0.25) is 0 Å². The highest BCUT2D eigenvalue weighted by molar-refractivity contribution is 5.52. The van der Waals surface area contributed by atoms with Crippen LogP contribution in [0.1, 0.15) is 31.2 Å². The first-order chi connectivity index (χ1) is 8.15. The van der Waals surface area contributed by atoms with E-state index in [1.165, 1.54) is 18.7 Å². The fourth-order valence-electron chi connectivity index (χ4n) is 2.67. The number of hydrogen-bond acceptors (Lipinski definition) is 3. The maximum absolute atomic E-state index is 4.55. The van der Waals surface area contributed by atoms with Gasteiger partial charge >= 0.3 is 0 Å². The van der Waals surface area contributed by atoms with Crippen LogP contribution in [0.5, 0.6) is 0 Å². The first-order valence-electron chi connectivity index (χ1n) is 6.26. The molecule has 0 aliphatic carbocycles. The molecule has 3 heterocycles. The van der Waals surface area contributed by atoms with Crippen molar-refractivity contribution < 1.29 is 0 Å². The van der Waals surface area contributed by atoms with Crippen LogP contribution in [0.25, 0.3) is 5.65 Å². The lowest BCUT2D eigenvalue weighted by Crippen LogP contribution is -2.28. The smallest absolute Gasteiger partial charge is 0.157 e. The molecule has 0 radical (unpaired) electrons. The molecule has 2 aromatic heterocycles. The van der Waals surface area contributed by atoms with Crippen molar-refractivity contribution in [1.82, 2.24) is 14.6 Å². The first-order valence-corrected chi connectivity index (χ1v) is 6.26. The van der Waals surface area contributed by atoms with Crippen molar-refractivity contribution >= 4 is 11.5 Å². The SMILES string of the molecule is Cc1cc(N2CCCC2C)n2nc(C)cc2n1. The summed E-state index contributed by atoms with van der Waals surface area (Å²) in [6.45, 7) is 7.47. The third-order valence-corrected chi connectivity index (χ3v) is 3.51. The lowest BCUT2D eigenvalue weighted by atomic mass is 10.2. The summed E-state index contributed by atoms with van der Waals surface area (Å²) in [4.78, 5) is 6.97. The topological polar surface area (TPSA) is 33.4 Å². The Morgan fingerprint density at radius 3 is 2.76 bits per heavy atom. The zero-order chi connectivity index (χ0) is 12.0. The molecule has 1 unspecified atom stereocenters. The molecular weight excluding hydrogens is 212 g/mol. The molecule has 0 amide bonds. The normalized spacial score (nSPS) is 20.4. The quantitative estimate of drug-likeness (QED) is 0.754. The van der Waals surface area contributed by atoms with Gasteiger partial charge in [-0.2, -0.15) is 9.61 Å². The summed E-state index contributed by atoms with van der Waals surface area (Å²) in [5.41, 5.74) is 3.04. The zero-order valence-electron chi connectivity index (χ0n) is 10.6. The highest BCUT2D eigenvalue weighted by atomic mass is 15.4. The number of fused-ring (bicyclic) bond motifs is 1. The van der Waals surface area contributed by atoms with Gasteiger partial charge < -0.3 is 4.90 Å². The molecule has 1 fully saturated rings. The number of rotatable bonds is 1. The van der Waals surface area contributed by atoms with E-state index in [1.54, 1.807) is 0 Å². The molecule has 4 nitrogen and oxygen atoms in total. The van der Waals surface area contributed by atoms with Crippen molar-refractivity contribution in [2.24, 2.45) is 0 Å². The molecule has 0 saturated carbocycles. The Kier molecular flexibility index (Phi) is 2.31. The van der Waals surface area contributed by atoms with Crippen LogP contribution < -0.4 is 4.90 Å². The van der Waals surface area contributed by atoms with Crippen molar-refractivity contribution in [1.29, 1.82) is 0 Å². The molecule has 0 spiro atoms. The fourth-order valence-corrected chi connectivity index (χ4v) is 2.67. The Labute approximate surface area is 101 Å². The van der Waals surface area contributed by atoms with Gasteiger partial charge in [0.15, 0.2) is 5.65 Å².